The lowest BCUT2D eigenvalue weighted by Crippen LogP contribution is -2.41. The van der Waals surface area contributed by atoms with Crippen LogP contribution >= 0.6 is 0 Å². The number of aliphatic imine (C=N–C) groups is 1. The molecule has 1 saturated carbocycles. The molecule has 0 radical (unpaired) electrons. The van der Waals surface area contributed by atoms with E-state index >= 15 is 0 Å². The highest BCUT2D eigenvalue weighted by atomic mass is 16.5. The topological polar surface area (TPSA) is 74.8 Å². The fourth-order valence-corrected chi connectivity index (χ4v) is 2.52. The third-order valence-corrected chi connectivity index (χ3v) is 3.60. The zero-order chi connectivity index (χ0) is 15.3. The summed E-state index contributed by atoms with van der Waals surface area (Å²) in [4.78, 5) is 16.1. The highest BCUT2D eigenvalue weighted by molar-refractivity contribution is 5.80. The zero-order valence-corrected chi connectivity index (χ0v) is 13.4. The van der Waals surface area contributed by atoms with E-state index in [4.69, 9.17) is 4.74 Å². The van der Waals surface area contributed by atoms with Crippen LogP contribution in [0.4, 0.5) is 0 Å². The van der Waals surface area contributed by atoms with Crippen molar-refractivity contribution in [2.45, 2.75) is 39.0 Å². The molecule has 0 bridgehead atoms. The van der Waals surface area contributed by atoms with Crippen LogP contribution in [0.1, 0.15) is 39.0 Å². The Kier molecular flexibility index (Phi) is 9.61. The summed E-state index contributed by atoms with van der Waals surface area (Å²) in [6, 6.07) is 0. The molecule has 122 valence electrons. The molecule has 3 N–H and O–H groups in total. The van der Waals surface area contributed by atoms with Crippen LogP contribution in [-0.4, -0.2) is 51.8 Å². The largest absolute Gasteiger partial charge is 0.383 e. The van der Waals surface area contributed by atoms with Crippen molar-refractivity contribution < 1.29 is 9.53 Å². The molecule has 0 aromatic rings. The van der Waals surface area contributed by atoms with Crippen LogP contribution in [0.25, 0.3) is 0 Å². The first-order chi connectivity index (χ1) is 10.3. The van der Waals surface area contributed by atoms with Crippen molar-refractivity contribution in [2.24, 2.45) is 10.9 Å². The number of nitrogens with zero attached hydrogens (tertiary/aromatic N) is 1. The molecule has 0 aromatic carbocycles. The molecule has 0 aromatic heterocycles. The molecule has 0 spiro atoms. The maximum absolute atomic E-state index is 11.8. The minimum absolute atomic E-state index is 0.171. The van der Waals surface area contributed by atoms with Crippen LogP contribution in [0.2, 0.25) is 0 Å². The van der Waals surface area contributed by atoms with Gasteiger partial charge in [-0.25, -0.2) is 0 Å². The van der Waals surface area contributed by atoms with Crippen LogP contribution in [0.15, 0.2) is 4.99 Å². The van der Waals surface area contributed by atoms with Gasteiger partial charge in [0.2, 0.25) is 5.91 Å². The molecular formula is C15H30N4O2. The lowest BCUT2D eigenvalue weighted by Gasteiger charge is -2.13. The van der Waals surface area contributed by atoms with E-state index < -0.39 is 0 Å². The molecule has 0 aliphatic heterocycles. The second-order valence-electron chi connectivity index (χ2n) is 5.38. The quantitative estimate of drug-likeness (QED) is 0.336. The molecule has 0 unspecified atom stereocenters. The lowest BCUT2D eigenvalue weighted by atomic mass is 10.0. The standard InChI is InChI=1S/C15H30N4O2/c1-3-16-15(19-10-11-21-2)18-9-8-17-14(20)12-13-6-4-5-7-13/h13H,3-12H2,1-2H3,(H,17,20)(H2,16,18,19). The Balaban J connectivity index is 2.11. The fraction of sp³-hybridized carbons (Fsp3) is 0.867. The summed E-state index contributed by atoms with van der Waals surface area (Å²) in [7, 11) is 1.66. The first-order valence-electron chi connectivity index (χ1n) is 8.04. The van der Waals surface area contributed by atoms with Crippen LogP contribution in [0.3, 0.4) is 0 Å². The van der Waals surface area contributed by atoms with Crippen LogP contribution < -0.4 is 16.0 Å². The maximum atomic E-state index is 11.8. The molecule has 1 aliphatic rings. The number of methoxy groups -OCH3 is 1. The van der Waals surface area contributed by atoms with Gasteiger partial charge < -0.3 is 20.7 Å². The number of nitrogens with one attached hydrogen (secondary N) is 3. The number of carbonyl (C=O) groups excluding carboxylic acids is 1. The predicted molar refractivity (Wildman–Crippen MR) is 85.4 cm³/mol. The van der Waals surface area contributed by atoms with E-state index in [1.807, 2.05) is 6.92 Å². The molecule has 0 saturated heterocycles. The maximum Gasteiger partial charge on any atom is 0.220 e. The van der Waals surface area contributed by atoms with E-state index in [1.54, 1.807) is 7.11 Å². The second kappa shape index (κ2) is 11.4. The Hall–Kier alpha value is -1.30. The molecule has 1 amide bonds. The Morgan fingerprint density at radius 2 is 1.90 bits per heavy atom. The van der Waals surface area contributed by atoms with Gasteiger partial charge in [0.05, 0.1) is 13.2 Å². The molecule has 1 aliphatic carbocycles. The van der Waals surface area contributed by atoms with E-state index in [0.29, 0.717) is 38.6 Å². The van der Waals surface area contributed by atoms with Gasteiger partial charge in [-0.3, -0.25) is 9.79 Å². The number of carbonyl (C=O) groups is 1. The van der Waals surface area contributed by atoms with Crippen molar-refractivity contribution in [1.29, 1.82) is 0 Å². The SMILES string of the molecule is CCNC(=NCCOC)NCCNC(=O)CC1CCCC1. The first kappa shape index (κ1) is 17.8. The first-order valence-corrected chi connectivity index (χ1v) is 8.04. The molecular weight excluding hydrogens is 268 g/mol. The highest BCUT2D eigenvalue weighted by Crippen LogP contribution is 2.27. The summed E-state index contributed by atoms with van der Waals surface area (Å²) in [6.45, 7) is 5.37. The fourth-order valence-electron chi connectivity index (χ4n) is 2.52. The molecule has 21 heavy (non-hydrogen) atoms. The van der Waals surface area contributed by atoms with Gasteiger partial charge in [0.1, 0.15) is 0 Å². The summed E-state index contributed by atoms with van der Waals surface area (Å²) in [5, 5.41) is 9.32. The van der Waals surface area contributed by atoms with E-state index in [9.17, 15) is 4.79 Å². The van der Waals surface area contributed by atoms with Gasteiger partial charge >= 0.3 is 0 Å². The van der Waals surface area contributed by atoms with E-state index in [0.717, 1.165) is 12.5 Å². The van der Waals surface area contributed by atoms with Crippen molar-refractivity contribution in [3.63, 3.8) is 0 Å². The van der Waals surface area contributed by atoms with Gasteiger partial charge in [-0.15, -0.1) is 0 Å². The van der Waals surface area contributed by atoms with Gasteiger partial charge in [0, 0.05) is 33.2 Å². The predicted octanol–water partition coefficient (Wildman–Crippen LogP) is 0.884. The van der Waals surface area contributed by atoms with Crippen LogP contribution in [0, 0.1) is 5.92 Å². The molecule has 0 heterocycles. The van der Waals surface area contributed by atoms with Crippen molar-refractivity contribution >= 4 is 11.9 Å². The Morgan fingerprint density at radius 1 is 1.19 bits per heavy atom. The van der Waals surface area contributed by atoms with E-state index in [-0.39, 0.29) is 5.91 Å². The van der Waals surface area contributed by atoms with E-state index in [2.05, 4.69) is 20.9 Å². The minimum Gasteiger partial charge on any atom is -0.383 e. The van der Waals surface area contributed by atoms with Crippen molar-refractivity contribution in [3.05, 3.63) is 0 Å². The van der Waals surface area contributed by atoms with Gasteiger partial charge in [-0.05, 0) is 25.7 Å². The van der Waals surface area contributed by atoms with Crippen molar-refractivity contribution in [3.8, 4) is 0 Å². The van der Waals surface area contributed by atoms with Gasteiger partial charge in [-0.1, -0.05) is 12.8 Å². The number of rotatable bonds is 9. The van der Waals surface area contributed by atoms with Crippen LogP contribution in [0.5, 0.6) is 0 Å². The van der Waals surface area contributed by atoms with Gasteiger partial charge in [0.15, 0.2) is 5.96 Å². The Bertz CT molecular complexity index is 315. The molecule has 1 fully saturated rings. The normalized spacial score (nSPS) is 16.0. The summed E-state index contributed by atoms with van der Waals surface area (Å²) in [5.41, 5.74) is 0. The molecule has 6 heteroatoms. The monoisotopic (exact) mass is 298 g/mol. The summed E-state index contributed by atoms with van der Waals surface area (Å²) < 4.78 is 4.97. The molecule has 0 atom stereocenters. The number of amides is 1. The Morgan fingerprint density at radius 3 is 2.57 bits per heavy atom. The highest BCUT2D eigenvalue weighted by Gasteiger charge is 2.17. The molecule has 6 nitrogen and oxygen atoms in total. The van der Waals surface area contributed by atoms with Crippen molar-refractivity contribution in [1.82, 2.24) is 16.0 Å². The number of guanidine groups is 1. The second-order valence-corrected chi connectivity index (χ2v) is 5.38. The minimum atomic E-state index is 0.171. The van der Waals surface area contributed by atoms with Crippen molar-refractivity contribution in [2.75, 3.05) is 39.9 Å². The van der Waals surface area contributed by atoms with Crippen LogP contribution in [-0.2, 0) is 9.53 Å². The third kappa shape index (κ3) is 8.55. The smallest absolute Gasteiger partial charge is 0.220 e. The third-order valence-electron chi connectivity index (χ3n) is 3.60. The van der Waals surface area contributed by atoms with Gasteiger partial charge in [-0.2, -0.15) is 0 Å². The lowest BCUT2D eigenvalue weighted by molar-refractivity contribution is -0.121. The number of hydrogen-bond donors (Lipinski definition) is 3. The number of hydrogen-bond acceptors (Lipinski definition) is 3. The Labute approximate surface area is 128 Å². The molecule has 1 rings (SSSR count). The summed E-state index contributed by atoms with van der Waals surface area (Å²) in [6.07, 6.45) is 5.67. The number of ether oxygens (including phenoxy) is 1. The average molecular weight is 298 g/mol. The average Bonchev–Trinajstić information content (AvgIpc) is 2.96. The van der Waals surface area contributed by atoms with Gasteiger partial charge in [0.25, 0.3) is 0 Å². The van der Waals surface area contributed by atoms with E-state index in [1.165, 1.54) is 25.7 Å². The summed E-state index contributed by atoms with van der Waals surface area (Å²) >= 11 is 0. The zero-order valence-electron chi connectivity index (χ0n) is 13.4. The summed E-state index contributed by atoms with van der Waals surface area (Å²) in [5.74, 6) is 1.54.